The minimum Gasteiger partial charge on any atom is -0.377 e. The van der Waals surface area contributed by atoms with Crippen LogP contribution in [0.1, 0.15) is 34.6 Å². The number of halogens is 1. The Kier molecular flexibility index (Phi) is 6.80. The third kappa shape index (κ3) is 5.33. The Hall–Kier alpha value is -2.34. The molecule has 0 aromatic heterocycles. The van der Waals surface area contributed by atoms with Gasteiger partial charge >= 0.3 is 0 Å². The number of anilines is 2. The van der Waals surface area contributed by atoms with Gasteiger partial charge < -0.3 is 15.5 Å². The Morgan fingerprint density at radius 3 is 2.42 bits per heavy atom. The highest BCUT2D eigenvalue weighted by molar-refractivity contribution is 9.10. The molecule has 0 saturated carbocycles. The molecule has 0 fully saturated rings. The summed E-state index contributed by atoms with van der Waals surface area (Å²) in [5.41, 5.74) is 2.45. The smallest absolute Gasteiger partial charge is 0.255 e. The summed E-state index contributed by atoms with van der Waals surface area (Å²) >= 11 is 3.36. The molecule has 0 heterocycles. The molecule has 0 bridgehead atoms. The zero-order valence-corrected chi connectivity index (χ0v) is 17.1. The molecule has 0 saturated heterocycles. The number of nitrogens with one attached hydrogen (secondary N) is 2. The average Bonchev–Trinajstić information content (AvgIpc) is 2.59. The standard InChI is InChI=1S/C20H24BrN3O2/c1-13(2)12-22-20(26)17-11-16(8-9-18(17)24(3)4)23-19(25)14-6-5-7-15(21)10-14/h5-11,13H,12H2,1-4H3,(H,22,26)(H,23,25). The lowest BCUT2D eigenvalue weighted by Gasteiger charge is -2.19. The van der Waals surface area contributed by atoms with E-state index >= 15 is 0 Å². The number of hydrogen-bond donors (Lipinski definition) is 2. The van der Waals surface area contributed by atoms with E-state index in [-0.39, 0.29) is 11.8 Å². The number of amides is 2. The van der Waals surface area contributed by atoms with Crippen molar-refractivity contribution < 1.29 is 9.59 Å². The number of rotatable bonds is 6. The zero-order chi connectivity index (χ0) is 19.3. The molecule has 26 heavy (non-hydrogen) atoms. The molecular weight excluding hydrogens is 394 g/mol. The Morgan fingerprint density at radius 2 is 1.81 bits per heavy atom. The molecule has 2 aromatic carbocycles. The van der Waals surface area contributed by atoms with E-state index < -0.39 is 0 Å². The van der Waals surface area contributed by atoms with Crippen LogP contribution in [0.15, 0.2) is 46.9 Å². The van der Waals surface area contributed by atoms with Gasteiger partial charge in [0.25, 0.3) is 11.8 Å². The molecule has 2 rings (SSSR count). The first-order chi connectivity index (χ1) is 12.3. The molecule has 2 amide bonds. The molecule has 6 heteroatoms. The van der Waals surface area contributed by atoms with Crippen molar-refractivity contribution in [2.45, 2.75) is 13.8 Å². The summed E-state index contributed by atoms with van der Waals surface area (Å²) in [4.78, 5) is 26.9. The maximum atomic E-state index is 12.6. The predicted octanol–water partition coefficient (Wildman–Crippen LogP) is 4.15. The van der Waals surface area contributed by atoms with Gasteiger partial charge in [0.2, 0.25) is 0 Å². The number of carbonyl (C=O) groups is 2. The maximum absolute atomic E-state index is 12.6. The summed E-state index contributed by atoms with van der Waals surface area (Å²) in [6.07, 6.45) is 0. The Balaban J connectivity index is 2.25. The first-order valence-corrected chi connectivity index (χ1v) is 9.23. The molecular formula is C20H24BrN3O2. The van der Waals surface area contributed by atoms with Crippen LogP contribution in [0.2, 0.25) is 0 Å². The van der Waals surface area contributed by atoms with Crippen LogP contribution in [-0.4, -0.2) is 32.5 Å². The van der Waals surface area contributed by atoms with Crippen LogP contribution in [0.25, 0.3) is 0 Å². The Bertz CT molecular complexity index is 803. The summed E-state index contributed by atoms with van der Waals surface area (Å²) in [6.45, 7) is 4.68. The van der Waals surface area contributed by atoms with Crippen molar-refractivity contribution in [2.24, 2.45) is 5.92 Å². The number of carbonyl (C=O) groups excluding carboxylic acids is 2. The van der Waals surface area contributed by atoms with Crippen molar-refractivity contribution in [3.63, 3.8) is 0 Å². The molecule has 0 unspecified atom stereocenters. The number of hydrogen-bond acceptors (Lipinski definition) is 3. The molecule has 5 nitrogen and oxygen atoms in total. The van der Waals surface area contributed by atoms with E-state index in [1.54, 1.807) is 30.3 Å². The molecule has 2 aromatic rings. The second-order valence-electron chi connectivity index (χ2n) is 6.69. The summed E-state index contributed by atoms with van der Waals surface area (Å²) in [5, 5.41) is 5.78. The summed E-state index contributed by atoms with van der Waals surface area (Å²) in [7, 11) is 3.77. The zero-order valence-electron chi connectivity index (χ0n) is 15.5. The maximum Gasteiger partial charge on any atom is 0.255 e. The van der Waals surface area contributed by atoms with E-state index in [9.17, 15) is 9.59 Å². The predicted molar refractivity (Wildman–Crippen MR) is 110 cm³/mol. The van der Waals surface area contributed by atoms with E-state index in [0.717, 1.165) is 10.2 Å². The highest BCUT2D eigenvalue weighted by Crippen LogP contribution is 2.24. The summed E-state index contributed by atoms with van der Waals surface area (Å²) in [6, 6.07) is 12.5. The van der Waals surface area contributed by atoms with Gasteiger partial charge in [0, 0.05) is 42.1 Å². The first kappa shape index (κ1) is 20.0. The second-order valence-corrected chi connectivity index (χ2v) is 7.61. The van der Waals surface area contributed by atoms with Gasteiger partial charge in [0.15, 0.2) is 0 Å². The van der Waals surface area contributed by atoms with Crippen LogP contribution in [0.4, 0.5) is 11.4 Å². The highest BCUT2D eigenvalue weighted by Gasteiger charge is 2.15. The van der Waals surface area contributed by atoms with Gasteiger partial charge in [-0.1, -0.05) is 35.8 Å². The lowest BCUT2D eigenvalue weighted by Crippen LogP contribution is -2.29. The van der Waals surface area contributed by atoms with Gasteiger partial charge in [0.1, 0.15) is 0 Å². The molecule has 2 N–H and O–H groups in total. The van der Waals surface area contributed by atoms with Crippen molar-refractivity contribution in [1.29, 1.82) is 0 Å². The van der Waals surface area contributed by atoms with Gasteiger partial charge in [-0.25, -0.2) is 0 Å². The fraction of sp³-hybridized carbons (Fsp3) is 0.300. The fourth-order valence-electron chi connectivity index (χ4n) is 2.41. The van der Waals surface area contributed by atoms with E-state index in [2.05, 4.69) is 26.6 Å². The third-order valence-corrected chi connectivity index (χ3v) is 4.23. The minimum absolute atomic E-state index is 0.152. The van der Waals surface area contributed by atoms with E-state index in [1.807, 2.05) is 45.0 Å². The molecule has 0 aliphatic rings. The van der Waals surface area contributed by atoms with E-state index in [0.29, 0.717) is 29.3 Å². The molecule has 0 spiro atoms. The van der Waals surface area contributed by atoms with E-state index in [4.69, 9.17) is 0 Å². The molecule has 0 radical (unpaired) electrons. The molecule has 0 aliphatic heterocycles. The van der Waals surface area contributed by atoms with Gasteiger partial charge in [-0.2, -0.15) is 0 Å². The lowest BCUT2D eigenvalue weighted by atomic mass is 10.1. The highest BCUT2D eigenvalue weighted by atomic mass is 79.9. The quantitative estimate of drug-likeness (QED) is 0.741. The molecule has 0 aliphatic carbocycles. The number of benzene rings is 2. The van der Waals surface area contributed by atoms with Gasteiger partial charge in [-0.3, -0.25) is 9.59 Å². The van der Waals surface area contributed by atoms with Crippen molar-refractivity contribution >= 4 is 39.1 Å². The molecule has 138 valence electrons. The van der Waals surface area contributed by atoms with Crippen LogP contribution >= 0.6 is 15.9 Å². The SMILES string of the molecule is CC(C)CNC(=O)c1cc(NC(=O)c2cccc(Br)c2)ccc1N(C)C. The number of nitrogens with zero attached hydrogens (tertiary/aromatic N) is 1. The Labute approximate surface area is 162 Å². The van der Waals surface area contributed by atoms with Crippen LogP contribution < -0.4 is 15.5 Å². The average molecular weight is 418 g/mol. The van der Waals surface area contributed by atoms with Crippen molar-refractivity contribution in [1.82, 2.24) is 5.32 Å². The van der Waals surface area contributed by atoms with Gasteiger partial charge in [0.05, 0.1) is 5.56 Å². The minimum atomic E-state index is -0.225. The largest absolute Gasteiger partial charge is 0.377 e. The van der Waals surface area contributed by atoms with E-state index in [1.165, 1.54) is 0 Å². The fourth-order valence-corrected chi connectivity index (χ4v) is 2.81. The monoisotopic (exact) mass is 417 g/mol. The molecule has 0 atom stereocenters. The Morgan fingerprint density at radius 1 is 1.08 bits per heavy atom. The topological polar surface area (TPSA) is 61.4 Å². The van der Waals surface area contributed by atoms with Gasteiger partial charge in [-0.15, -0.1) is 0 Å². The van der Waals surface area contributed by atoms with Crippen LogP contribution in [0, 0.1) is 5.92 Å². The van der Waals surface area contributed by atoms with Crippen LogP contribution in [0.3, 0.4) is 0 Å². The van der Waals surface area contributed by atoms with Gasteiger partial charge in [-0.05, 0) is 42.3 Å². The first-order valence-electron chi connectivity index (χ1n) is 8.44. The second kappa shape index (κ2) is 8.85. The van der Waals surface area contributed by atoms with Crippen molar-refractivity contribution in [3.8, 4) is 0 Å². The van der Waals surface area contributed by atoms with Crippen molar-refractivity contribution in [3.05, 3.63) is 58.1 Å². The van der Waals surface area contributed by atoms with Crippen LogP contribution in [0.5, 0.6) is 0 Å². The summed E-state index contributed by atoms with van der Waals surface area (Å²) in [5.74, 6) is -0.0143. The third-order valence-electron chi connectivity index (χ3n) is 3.74. The lowest BCUT2D eigenvalue weighted by molar-refractivity contribution is 0.0948. The summed E-state index contributed by atoms with van der Waals surface area (Å²) < 4.78 is 0.835. The van der Waals surface area contributed by atoms with Crippen LogP contribution in [-0.2, 0) is 0 Å². The van der Waals surface area contributed by atoms with Crippen molar-refractivity contribution in [2.75, 3.05) is 30.9 Å². The normalized spacial score (nSPS) is 10.5.